The molecule has 1 fully saturated rings. The smallest absolute Gasteiger partial charge is 0.407 e. The van der Waals surface area contributed by atoms with Crippen molar-refractivity contribution in [1.29, 1.82) is 0 Å². The van der Waals surface area contributed by atoms with Crippen LogP contribution in [0.4, 0.5) is 15.6 Å². The van der Waals surface area contributed by atoms with Gasteiger partial charge < -0.3 is 35.3 Å². The number of amides is 2. The molecule has 5 aromatic carbocycles. The van der Waals surface area contributed by atoms with Gasteiger partial charge in [-0.05, 0) is 99.5 Å². The highest BCUT2D eigenvalue weighted by molar-refractivity contribution is 7.92. The molecule has 0 bridgehead atoms. The fourth-order valence-electron chi connectivity index (χ4n) is 8.82. The second-order valence-corrected chi connectivity index (χ2v) is 22.6. The van der Waals surface area contributed by atoms with Gasteiger partial charge in [0.05, 0.1) is 39.5 Å². The van der Waals surface area contributed by atoms with Crippen molar-refractivity contribution in [3.8, 4) is 39.8 Å². The molecule has 5 N–H and O–H groups in total. The van der Waals surface area contributed by atoms with Crippen molar-refractivity contribution in [1.82, 2.24) is 39.1 Å². The number of anilines is 2. The number of carbonyl (C=O) groups is 2. The van der Waals surface area contributed by atoms with Crippen LogP contribution in [0.3, 0.4) is 0 Å². The summed E-state index contributed by atoms with van der Waals surface area (Å²) >= 11 is 1.15. The first-order valence-electron chi connectivity index (χ1n) is 22.8. The summed E-state index contributed by atoms with van der Waals surface area (Å²) in [4.78, 5) is 29.9. The molecule has 2 aromatic heterocycles. The molecule has 7 aromatic rings. The molecule has 8 rings (SSSR count). The quantitative estimate of drug-likeness (QED) is 0.0623. The Morgan fingerprint density at radius 1 is 0.836 bits per heavy atom. The number of ether oxygens (including phenoxy) is 3. The molecular weight excluding hydrogens is 997 g/mol. The normalized spacial score (nSPS) is 15.1. The van der Waals surface area contributed by atoms with E-state index in [0.29, 0.717) is 44.8 Å². The minimum Gasteiger partial charge on any atom is -0.497 e. The van der Waals surface area contributed by atoms with E-state index in [0.717, 1.165) is 16.9 Å². The average molecular weight is 1050 g/mol. The third-order valence-electron chi connectivity index (χ3n) is 12.2. The molecule has 1 aliphatic rings. The Morgan fingerprint density at radius 2 is 1.42 bits per heavy atom. The van der Waals surface area contributed by atoms with Crippen molar-refractivity contribution in [3.05, 3.63) is 137 Å². The van der Waals surface area contributed by atoms with Crippen LogP contribution in [0.1, 0.15) is 54.4 Å². The second-order valence-electron chi connectivity index (χ2n) is 18.2. The molecule has 2 amide bonds. The molecule has 2 unspecified atom stereocenters. The van der Waals surface area contributed by atoms with E-state index in [4.69, 9.17) is 25.0 Å². The van der Waals surface area contributed by atoms with Crippen molar-refractivity contribution < 1.29 is 45.7 Å². The van der Waals surface area contributed by atoms with E-state index in [1.54, 1.807) is 92.0 Å². The first-order valence-corrected chi connectivity index (χ1v) is 26.6. The molecule has 3 heterocycles. The number of nitrogens with two attached hydrogens (primary N) is 1. The standard InChI is InChI=1S/C50H54N10O10S3/c1-50(2,3)45-40(24-25-59(45)49(62)63)56-72(64,65)42-23-22-39(34-8-7-9-35(26-34)52-48-53-41(30-71-48)46(51)61)43(47-54-57-60(55-47)29-33-14-20-38(70-6)21-15-33)44(42)73(66,67)58(27-31-10-16-36(68-4)17-11-31)28-32-12-18-37(69-5)19-13-32/h7-23,26,30,40,45,56H,24-25,27-29H2,1-6H3,(H2,51,61)(H,52,53)(H,62,63). The summed E-state index contributed by atoms with van der Waals surface area (Å²) in [5.74, 6) is 0.769. The van der Waals surface area contributed by atoms with Gasteiger partial charge >= 0.3 is 6.09 Å². The number of tetrazole rings is 1. The Kier molecular flexibility index (Phi) is 15.2. The SMILES string of the molecule is COc1ccc(CN(Cc2ccc(OC)cc2)S(=O)(=O)c2c(S(=O)(=O)NC3CCN(C(=O)O)C3C(C)(C)C)ccc(-c3cccc(Nc4nc(C(N)=O)cs4)c3)c2-c2nnn(Cc3ccc(OC)cc3)n2)cc1. The van der Waals surface area contributed by atoms with Crippen molar-refractivity contribution >= 4 is 54.2 Å². The number of benzene rings is 5. The Bertz CT molecular complexity index is 3290. The summed E-state index contributed by atoms with van der Waals surface area (Å²) in [6, 6.07) is 28.6. The summed E-state index contributed by atoms with van der Waals surface area (Å²) in [7, 11) is -5.33. The highest BCUT2D eigenvalue weighted by Crippen LogP contribution is 2.43. The zero-order valence-corrected chi connectivity index (χ0v) is 43.2. The number of hydrogen-bond donors (Lipinski definition) is 4. The number of rotatable bonds is 19. The molecule has 0 aliphatic carbocycles. The number of methoxy groups -OCH3 is 3. The van der Waals surface area contributed by atoms with Gasteiger partial charge in [0.1, 0.15) is 32.7 Å². The number of likely N-dealkylation sites (tertiary alicyclic amines) is 1. The third kappa shape index (κ3) is 11.6. The zero-order valence-electron chi connectivity index (χ0n) is 40.7. The predicted molar refractivity (Wildman–Crippen MR) is 274 cm³/mol. The largest absolute Gasteiger partial charge is 0.497 e. The van der Waals surface area contributed by atoms with Crippen LogP contribution in [0.2, 0.25) is 0 Å². The molecule has 1 aliphatic heterocycles. The van der Waals surface area contributed by atoms with Crippen molar-refractivity contribution in [2.75, 3.05) is 33.2 Å². The zero-order chi connectivity index (χ0) is 52.2. The highest BCUT2D eigenvalue weighted by atomic mass is 32.2. The number of hydrogen-bond acceptors (Lipinski definition) is 15. The molecule has 0 spiro atoms. The lowest BCUT2D eigenvalue weighted by Gasteiger charge is -2.37. The number of carboxylic acid groups (broad SMARTS) is 1. The van der Waals surface area contributed by atoms with Gasteiger partial charge in [-0.25, -0.2) is 31.3 Å². The van der Waals surface area contributed by atoms with Gasteiger partial charge in [0, 0.05) is 36.7 Å². The number of nitrogens with zero attached hydrogens (tertiary/aromatic N) is 7. The minimum absolute atomic E-state index is 0.0354. The van der Waals surface area contributed by atoms with E-state index >= 15 is 16.8 Å². The summed E-state index contributed by atoms with van der Waals surface area (Å²) in [5.41, 5.74) is 7.56. The van der Waals surface area contributed by atoms with E-state index in [1.807, 2.05) is 32.9 Å². The maximum atomic E-state index is 16.3. The number of aromatic nitrogens is 5. The fraction of sp³-hybridized carbons (Fsp3) is 0.280. The molecule has 382 valence electrons. The van der Waals surface area contributed by atoms with Crippen LogP contribution in [-0.4, -0.2) is 108 Å². The Labute approximate surface area is 426 Å². The van der Waals surface area contributed by atoms with Crippen molar-refractivity contribution in [2.24, 2.45) is 11.1 Å². The predicted octanol–water partition coefficient (Wildman–Crippen LogP) is 7.22. The van der Waals surface area contributed by atoms with E-state index in [1.165, 1.54) is 45.7 Å². The van der Waals surface area contributed by atoms with E-state index in [9.17, 15) is 14.7 Å². The van der Waals surface area contributed by atoms with E-state index in [2.05, 4.69) is 25.3 Å². The van der Waals surface area contributed by atoms with Crippen LogP contribution in [0, 0.1) is 5.41 Å². The number of thiazole rings is 1. The first kappa shape index (κ1) is 51.9. The maximum absolute atomic E-state index is 16.3. The summed E-state index contributed by atoms with van der Waals surface area (Å²) in [6.45, 7) is 5.08. The van der Waals surface area contributed by atoms with Gasteiger partial charge in [0.15, 0.2) is 5.13 Å². The summed E-state index contributed by atoms with van der Waals surface area (Å²) < 4.78 is 83.5. The van der Waals surface area contributed by atoms with Crippen LogP contribution in [0.15, 0.2) is 124 Å². The number of primary amides is 1. The fourth-order valence-corrected chi connectivity index (χ4v) is 13.2. The molecule has 23 heteroatoms. The van der Waals surface area contributed by atoms with Gasteiger partial charge in [-0.2, -0.15) is 9.10 Å². The lowest BCUT2D eigenvalue weighted by atomic mass is 9.83. The van der Waals surface area contributed by atoms with Gasteiger partial charge in [-0.1, -0.05) is 75.4 Å². The number of sulfonamides is 2. The van der Waals surface area contributed by atoms with Crippen molar-refractivity contribution in [3.63, 3.8) is 0 Å². The second kappa shape index (κ2) is 21.3. The number of carbonyl (C=O) groups excluding carboxylic acids is 1. The van der Waals surface area contributed by atoms with Crippen LogP contribution < -0.4 is 30.0 Å². The third-order valence-corrected chi connectivity index (χ3v) is 16.5. The number of nitrogens with one attached hydrogen (secondary N) is 2. The lowest BCUT2D eigenvalue weighted by molar-refractivity contribution is 0.0992. The maximum Gasteiger partial charge on any atom is 0.407 e. The summed E-state index contributed by atoms with van der Waals surface area (Å²) in [5, 5.41) is 28.8. The van der Waals surface area contributed by atoms with Crippen molar-refractivity contribution in [2.45, 2.75) is 68.7 Å². The first-order chi connectivity index (χ1) is 34.8. The monoisotopic (exact) mass is 1050 g/mol. The minimum atomic E-state index is -5.02. The van der Waals surface area contributed by atoms with Gasteiger partial charge in [0.2, 0.25) is 25.9 Å². The van der Waals surface area contributed by atoms with Crippen LogP contribution in [-0.2, 0) is 39.7 Å². The van der Waals surface area contributed by atoms with E-state index < -0.39 is 59.3 Å². The molecule has 73 heavy (non-hydrogen) atoms. The van der Waals surface area contributed by atoms with Gasteiger partial charge in [-0.3, -0.25) is 4.79 Å². The van der Waals surface area contributed by atoms with Crippen LogP contribution in [0.25, 0.3) is 22.5 Å². The van der Waals surface area contributed by atoms with Gasteiger partial charge in [0.25, 0.3) is 5.91 Å². The lowest BCUT2D eigenvalue weighted by Crippen LogP contribution is -2.52. The average Bonchev–Trinajstić information content (AvgIpc) is 4.15. The summed E-state index contributed by atoms with van der Waals surface area (Å²) in [6.07, 6.45) is -1.10. The molecule has 0 saturated carbocycles. The molecule has 1 saturated heterocycles. The molecule has 20 nitrogen and oxygen atoms in total. The Hall–Kier alpha value is -7.44. The Morgan fingerprint density at radius 3 is 1.96 bits per heavy atom. The highest BCUT2D eigenvalue weighted by Gasteiger charge is 2.47. The molecule has 0 radical (unpaired) electrons. The van der Waals surface area contributed by atoms with Gasteiger partial charge in [-0.15, -0.1) is 21.5 Å². The topological polar surface area (TPSA) is 263 Å². The van der Waals surface area contributed by atoms with E-state index in [-0.39, 0.29) is 55.2 Å². The molecular formula is C50H54N10O10S3. The molecule has 2 atom stereocenters. The van der Waals surface area contributed by atoms with Crippen LogP contribution in [0.5, 0.6) is 17.2 Å². The van der Waals surface area contributed by atoms with Crippen LogP contribution >= 0.6 is 11.3 Å². The Balaban J connectivity index is 1.38.